The summed E-state index contributed by atoms with van der Waals surface area (Å²) in [6, 6.07) is 7.49. The largest absolute Gasteiger partial charge is 0.469 e. The van der Waals surface area contributed by atoms with Crippen molar-refractivity contribution in [3.05, 3.63) is 29.8 Å². The van der Waals surface area contributed by atoms with E-state index in [2.05, 4.69) is 4.74 Å². The number of esters is 1. The monoisotopic (exact) mass is 310 g/mol. The molecule has 1 N–H and O–H groups in total. The topological polar surface area (TPSA) is 63.6 Å². The van der Waals surface area contributed by atoms with Gasteiger partial charge in [-0.25, -0.2) is 0 Å². The van der Waals surface area contributed by atoms with Gasteiger partial charge in [0, 0.05) is 4.90 Å². The minimum atomic E-state index is -1.32. The standard InChI is InChI=1S/C16H22O4S/c1-12-6-8-13(9-7-12)21(19)14-5-3-4-10-16(14,18)11-15(17)20-2/h6-9,14,18H,3-5,10-11H2,1-2H3. The zero-order chi connectivity index (χ0) is 15.5. The number of benzene rings is 1. The molecule has 21 heavy (non-hydrogen) atoms. The first-order valence-electron chi connectivity index (χ1n) is 7.23. The van der Waals surface area contributed by atoms with Gasteiger partial charge in [0.05, 0.1) is 35.2 Å². The number of ether oxygens (including phenoxy) is 1. The molecule has 116 valence electrons. The Morgan fingerprint density at radius 1 is 1.38 bits per heavy atom. The van der Waals surface area contributed by atoms with Crippen molar-refractivity contribution in [2.75, 3.05) is 7.11 Å². The molecule has 1 aliphatic carbocycles. The highest BCUT2D eigenvalue weighted by molar-refractivity contribution is 7.85. The van der Waals surface area contributed by atoms with Crippen molar-refractivity contribution in [3.8, 4) is 0 Å². The second-order valence-electron chi connectivity index (χ2n) is 5.70. The number of carbonyl (C=O) groups is 1. The van der Waals surface area contributed by atoms with Crippen molar-refractivity contribution in [3.63, 3.8) is 0 Å². The third kappa shape index (κ3) is 3.71. The van der Waals surface area contributed by atoms with Gasteiger partial charge in [0.25, 0.3) is 0 Å². The van der Waals surface area contributed by atoms with Crippen LogP contribution in [0.2, 0.25) is 0 Å². The van der Waals surface area contributed by atoms with E-state index in [4.69, 9.17) is 0 Å². The first-order valence-corrected chi connectivity index (χ1v) is 8.44. The quantitative estimate of drug-likeness (QED) is 0.867. The number of hydrogen-bond acceptors (Lipinski definition) is 4. The second-order valence-corrected chi connectivity index (χ2v) is 7.34. The average molecular weight is 310 g/mol. The van der Waals surface area contributed by atoms with Crippen molar-refractivity contribution >= 4 is 16.8 Å². The van der Waals surface area contributed by atoms with E-state index in [-0.39, 0.29) is 6.42 Å². The van der Waals surface area contributed by atoms with E-state index in [0.717, 1.165) is 18.4 Å². The fourth-order valence-electron chi connectivity index (χ4n) is 2.86. The molecular weight excluding hydrogens is 288 g/mol. The second kappa shape index (κ2) is 6.71. The molecule has 0 aromatic heterocycles. The van der Waals surface area contributed by atoms with Gasteiger partial charge in [-0.1, -0.05) is 30.5 Å². The summed E-state index contributed by atoms with van der Waals surface area (Å²) < 4.78 is 17.5. The van der Waals surface area contributed by atoms with Crippen LogP contribution < -0.4 is 0 Å². The maximum absolute atomic E-state index is 12.8. The molecule has 0 bridgehead atoms. The molecule has 0 radical (unpaired) electrons. The lowest BCUT2D eigenvalue weighted by Gasteiger charge is -2.38. The molecule has 0 amide bonds. The van der Waals surface area contributed by atoms with Gasteiger partial charge in [-0.05, 0) is 31.9 Å². The van der Waals surface area contributed by atoms with E-state index in [1.807, 2.05) is 31.2 Å². The summed E-state index contributed by atoms with van der Waals surface area (Å²) >= 11 is 0. The molecule has 1 aromatic rings. The normalized spacial score (nSPS) is 27.1. The van der Waals surface area contributed by atoms with Gasteiger partial charge < -0.3 is 9.84 Å². The Morgan fingerprint density at radius 2 is 2.05 bits per heavy atom. The number of carbonyl (C=O) groups excluding carboxylic acids is 1. The summed E-state index contributed by atoms with van der Waals surface area (Å²) in [6.45, 7) is 1.97. The Morgan fingerprint density at radius 3 is 2.67 bits per heavy atom. The molecule has 1 aliphatic rings. The molecule has 0 saturated heterocycles. The molecule has 0 heterocycles. The minimum absolute atomic E-state index is 0.0915. The van der Waals surface area contributed by atoms with Gasteiger partial charge in [-0.3, -0.25) is 9.00 Å². The van der Waals surface area contributed by atoms with Gasteiger partial charge in [0.1, 0.15) is 0 Å². The van der Waals surface area contributed by atoms with E-state index in [9.17, 15) is 14.1 Å². The number of methoxy groups -OCH3 is 1. The lowest BCUT2D eigenvalue weighted by Crippen LogP contribution is -2.48. The predicted octanol–water partition coefficient (Wildman–Crippen LogP) is 2.34. The van der Waals surface area contributed by atoms with Crippen LogP contribution in [0.4, 0.5) is 0 Å². The summed E-state index contributed by atoms with van der Waals surface area (Å²) in [5.74, 6) is -0.453. The van der Waals surface area contributed by atoms with Crippen LogP contribution in [-0.2, 0) is 20.3 Å². The molecule has 3 atom stereocenters. The Bertz CT molecular complexity index is 526. The van der Waals surface area contributed by atoms with Gasteiger partial charge in [0.2, 0.25) is 0 Å². The Balaban J connectivity index is 2.23. The number of aliphatic hydroxyl groups is 1. The van der Waals surface area contributed by atoms with Crippen molar-refractivity contribution in [2.24, 2.45) is 0 Å². The van der Waals surface area contributed by atoms with Gasteiger partial charge >= 0.3 is 5.97 Å². The maximum atomic E-state index is 12.8. The third-order valence-corrected chi connectivity index (χ3v) is 6.04. The number of aryl methyl sites for hydroxylation is 1. The minimum Gasteiger partial charge on any atom is -0.469 e. The van der Waals surface area contributed by atoms with Crippen molar-refractivity contribution in [1.29, 1.82) is 0 Å². The van der Waals surface area contributed by atoms with E-state index in [1.165, 1.54) is 7.11 Å². The summed E-state index contributed by atoms with van der Waals surface area (Å²) in [7, 11) is -0.0177. The van der Waals surface area contributed by atoms with E-state index in [1.54, 1.807) is 0 Å². The van der Waals surface area contributed by atoms with Crippen molar-refractivity contribution in [1.82, 2.24) is 0 Å². The van der Waals surface area contributed by atoms with Crippen LogP contribution in [0.3, 0.4) is 0 Å². The molecule has 0 aliphatic heterocycles. The van der Waals surface area contributed by atoms with Crippen LogP contribution in [0.5, 0.6) is 0 Å². The van der Waals surface area contributed by atoms with Gasteiger partial charge in [-0.15, -0.1) is 0 Å². The van der Waals surface area contributed by atoms with Gasteiger partial charge in [0.15, 0.2) is 0 Å². The Hall–Kier alpha value is -1.20. The molecule has 1 fully saturated rings. The highest BCUT2D eigenvalue weighted by Crippen LogP contribution is 2.36. The van der Waals surface area contributed by atoms with E-state index < -0.39 is 27.6 Å². The van der Waals surface area contributed by atoms with Crippen LogP contribution in [-0.4, -0.2) is 33.2 Å². The lowest BCUT2D eigenvalue weighted by molar-refractivity contribution is -0.147. The summed E-state index contributed by atoms with van der Waals surface area (Å²) in [4.78, 5) is 12.3. The molecule has 2 rings (SSSR count). The molecular formula is C16H22O4S. The van der Waals surface area contributed by atoms with Crippen LogP contribution in [0.1, 0.15) is 37.7 Å². The van der Waals surface area contributed by atoms with E-state index >= 15 is 0 Å². The van der Waals surface area contributed by atoms with Crippen LogP contribution in [0.25, 0.3) is 0 Å². The van der Waals surface area contributed by atoms with Gasteiger partial charge in [-0.2, -0.15) is 0 Å². The first kappa shape index (κ1) is 16.2. The summed E-state index contributed by atoms with van der Waals surface area (Å²) in [6.07, 6.45) is 2.82. The fraction of sp³-hybridized carbons (Fsp3) is 0.562. The Labute approximate surface area is 128 Å². The van der Waals surface area contributed by atoms with Crippen LogP contribution in [0, 0.1) is 6.92 Å². The lowest BCUT2D eigenvalue weighted by atomic mass is 9.82. The molecule has 1 aromatic carbocycles. The van der Waals surface area contributed by atoms with Crippen LogP contribution in [0.15, 0.2) is 29.2 Å². The van der Waals surface area contributed by atoms with Crippen LogP contribution >= 0.6 is 0 Å². The Kier molecular flexibility index (Phi) is 5.17. The zero-order valence-electron chi connectivity index (χ0n) is 12.5. The summed E-state index contributed by atoms with van der Waals surface area (Å²) in [5, 5.41) is 10.4. The highest BCUT2D eigenvalue weighted by Gasteiger charge is 2.44. The van der Waals surface area contributed by atoms with Crippen molar-refractivity contribution in [2.45, 2.75) is 54.8 Å². The SMILES string of the molecule is COC(=O)CC1(O)CCCCC1S(=O)c1ccc(C)cc1. The van der Waals surface area contributed by atoms with Crippen molar-refractivity contribution < 1.29 is 18.8 Å². The molecule has 5 heteroatoms. The molecule has 3 unspecified atom stereocenters. The maximum Gasteiger partial charge on any atom is 0.308 e. The smallest absolute Gasteiger partial charge is 0.308 e. The molecule has 1 saturated carbocycles. The number of hydrogen-bond donors (Lipinski definition) is 1. The molecule has 4 nitrogen and oxygen atoms in total. The summed E-state index contributed by atoms with van der Waals surface area (Å²) in [5.41, 5.74) is -0.134. The average Bonchev–Trinajstić information content (AvgIpc) is 2.47. The highest BCUT2D eigenvalue weighted by atomic mass is 32.2. The fourth-order valence-corrected chi connectivity index (χ4v) is 4.57. The molecule has 0 spiro atoms. The third-order valence-electron chi connectivity index (χ3n) is 4.12. The van der Waals surface area contributed by atoms with E-state index in [0.29, 0.717) is 17.7 Å². The zero-order valence-corrected chi connectivity index (χ0v) is 13.3. The first-order chi connectivity index (χ1) is 9.96. The number of rotatable bonds is 4. The predicted molar refractivity (Wildman–Crippen MR) is 81.4 cm³/mol.